The van der Waals surface area contributed by atoms with Crippen LogP contribution in [0.3, 0.4) is 0 Å². The van der Waals surface area contributed by atoms with Crippen molar-refractivity contribution < 1.29 is 4.74 Å². The van der Waals surface area contributed by atoms with Crippen LogP contribution in [-0.4, -0.2) is 4.98 Å². The van der Waals surface area contributed by atoms with E-state index in [0.717, 1.165) is 11.3 Å². The van der Waals surface area contributed by atoms with Crippen molar-refractivity contribution in [2.75, 3.05) is 0 Å². The molecule has 0 bridgehead atoms. The van der Waals surface area contributed by atoms with E-state index < -0.39 is 0 Å². The molecule has 0 aliphatic rings. The largest absolute Gasteiger partial charge is 0.439 e. The minimum absolute atomic E-state index is 0.267. The number of aryl methyl sites for hydroxylation is 2. The lowest BCUT2D eigenvalue weighted by molar-refractivity contribution is 0.458. The Morgan fingerprint density at radius 3 is 2.61 bits per heavy atom. The van der Waals surface area contributed by atoms with Gasteiger partial charge < -0.3 is 4.74 Å². The van der Waals surface area contributed by atoms with Crippen LogP contribution in [0.4, 0.5) is 0 Å². The minimum atomic E-state index is 0.267. The van der Waals surface area contributed by atoms with Gasteiger partial charge in [0.15, 0.2) is 0 Å². The third-order valence-electron chi connectivity index (χ3n) is 2.56. The number of hydrogen-bond donors (Lipinski definition) is 0. The van der Waals surface area contributed by atoms with E-state index in [1.54, 1.807) is 12.1 Å². The topological polar surface area (TPSA) is 22.1 Å². The van der Waals surface area contributed by atoms with Gasteiger partial charge in [0.2, 0.25) is 5.88 Å². The number of nitrogens with zero attached hydrogens (tertiary/aromatic N) is 1. The van der Waals surface area contributed by atoms with Crippen molar-refractivity contribution >= 4 is 23.2 Å². The lowest BCUT2D eigenvalue weighted by Gasteiger charge is -2.09. The standard InChI is InChI=1S/C14H13Cl2NO/c1-9-3-5-13(10(2)7-9)18-14-6-4-11(16)12(8-15)17-14/h3-7H,8H2,1-2H3. The Morgan fingerprint density at radius 2 is 1.94 bits per heavy atom. The lowest BCUT2D eigenvalue weighted by Crippen LogP contribution is -1.94. The zero-order chi connectivity index (χ0) is 13.1. The normalized spacial score (nSPS) is 10.4. The Morgan fingerprint density at radius 1 is 1.17 bits per heavy atom. The summed E-state index contributed by atoms with van der Waals surface area (Å²) >= 11 is 11.7. The van der Waals surface area contributed by atoms with E-state index in [4.69, 9.17) is 27.9 Å². The second kappa shape index (κ2) is 5.59. The summed E-state index contributed by atoms with van der Waals surface area (Å²) in [5, 5.41) is 0.554. The predicted octanol–water partition coefficient (Wildman–Crippen LogP) is 4.88. The molecule has 2 nitrogen and oxygen atoms in total. The van der Waals surface area contributed by atoms with Gasteiger partial charge >= 0.3 is 0 Å². The Kier molecular flexibility index (Phi) is 4.10. The molecule has 0 saturated heterocycles. The SMILES string of the molecule is Cc1ccc(Oc2ccc(Cl)c(CCl)n2)c(C)c1. The van der Waals surface area contributed by atoms with Crippen LogP contribution in [-0.2, 0) is 5.88 Å². The third kappa shape index (κ3) is 2.95. The summed E-state index contributed by atoms with van der Waals surface area (Å²) in [6.45, 7) is 4.05. The van der Waals surface area contributed by atoms with Gasteiger partial charge in [0.1, 0.15) is 5.75 Å². The second-order valence-corrected chi connectivity index (χ2v) is 4.76. The maximum absolute atomic E-state index is 5.95. The van der Waals surface area contributed by atoms with Crippen molar-refractivity contribution in [1.82, 2.24) is 4.98 Å². The highest BCUT2D eigenvalue weighted by molar-refractivity contribution is 6.32. The number of alkyl halides is 1. The van der Waals surface area contributed by atoms with E-state index in [1.807, 2.05) is 26.0 Å². The first-order valence-corrected chi connectivity index (χ1v) is 6.48. The summed E-state index contributed by atoms with van der Waals surface area (Å²) in [6.07, 6.45) is 0. The van der Waals surface area contributed by atoms with E-state index in [1.165, 1.54) is 5.56 Å². The van der Waals surface area contributed by atoms with Crippen molar-refractivity contribution in [2.45, 2.75) is 19.7 Å². The van der Waals surface area contributed by atoms with Gasteiger partial charge in [0.25, 0.3) is 0 Å². The molecule has 1 heterocycles. The fourth-order valence-corrected chi connectivity index (χ4v) is 2.09. The van der Waals surface area contributed by atoms with Crippen molar-refractivity contribution in [3.05, 3.63) is 52.2 Å². The van der Waals surface area contributed by atoms with Crippen molar-refractivity contribution in [3.8, 4) is 11.6 Å². The van der Waals surface area contributed by atoms with E-state index >= 15 is 0 Å². The van der Waals surface area contributed by atoms with Gasteiger partial charge in [-0.2, -0.15) is 0 Å². The first-order chi connectivity index (χ1) is 8.60. The van der Waals surface area contributed by atoms with Gasteiger partial charge in [0, 0.05) is 6.07 Å². The minimum Gasteiger partial charge on any atom is -0.439 e. The molecule has 0 aliphatic heterocycles. The quantitative estimate of drug-likeness (QED) is 0.748. The summed E-state index contributed by atoms with van der Waals surface area (Å²) in [6, 6.07) is 9.47. The smallest absolute Gasteiger partial charge is 0.219 e. The summed E-state index contributed by atoms with van der Waals surface area (Å²) < 4.78 is 5.73. The molecule has 1 aromatic carbocycles. The number of aromatic nitrogens is 1. The zero-order valence-corrected chi connectivity index (χ0v) is 11.7. The number of halogens is 2. The molecule has 0 aliphatic carbocycles. The molecule has 0 amide bonds. The number of rotatable bonds is 3. The summed E-state index contributed by atoms with van der Waals surface area (Å²) in [4.78, 5) is 4.26. The van der Waals surface area contributed by atoms with Gasteiger partial charge in [-0.25, -0.2) is 4.98 Å². The van der Waals surface area contributed by atoms with Crippen molar-refractivity contribution in [3.63, 3.8) is 0 Å². The third-order valence-corrected chi connectivity index (χ3v) is 3.16. The molecule has 0 spiro atoms. The molecule has 4 heteroatoms. The Hall–Kier alpha value is -1.25. The Balaban J connectivity index is 2.28. The zero-order valence-electron chi connectivity index (χ0n) is 10.2. The maximum Gasteiger partial charge on any atom is 0.219 e. The Labute approximate surface area is 117 Å². The molecule has 1 aromatic heterocycles. The second-order valence-electron chi connectivity index (χ2n) is 4.08. The molecule has 0 N–H and O–H groups in total. The first-order valence-electron chi connectivity index (χ1n) is 5.56. The van der Waals surface area contributed by atoms with E-state index in [0.29, 0.717) is 16.6 Å². The van der Waals surface area contributed by atoms with Crippen LogP contribution >= 0.6 is 23.2 Å². The fraction of sp³-hybridized carbons (Fsp3) is 0.214. The molecule has 2 aromatic rings. The van der Waals surface area contributed by atoms with Crippen LogP contribution in [0.2, 0.25) is 5.02 Å². The monoisotopic (exact) mass is 281 g/mol. The molecular formula is C14H13Cl2NO. The maximum atomic E-state index is 5.95. The van der Waals surface area contributed by atoms with Crippen LogP contribution in [0, 0.1) is 13.8 Å². The van der Waals surface area contributed by atoms with Gasteiger partial charge in [-0.15, -0.1) is 11.6 Å². The molecule has 18 heavy (non-hydrogen) atoms. The van der Waals surface area contributed by atoms with Gasteiger partial charge in [0.05, 0.1) is 16.6 Å². The van der Waals surface area contributed by atoms with Gasteiger partial charge in [-0.1, -0.05) is 29.3 Å². The van der Waals surface area contributed by atoms with Crippen LogP contribution in [0.1, 0.15) is 16.8 Å². The van der Waals surface area contributed by atoms with Crippen LogP contribution in [0.15, 0.2) is 30.3 Å². The van der Waals surface area contributed by atoms with E-state index in [-0.39, 0.29) is 5.88 Å². The van der Waals surface area contributed by atoms with Gasteiger partial charge in [-0.05, 0) is 31.5 Å². The number of hydrogen-bond acceptors (Lipinski definition) is 2. The lowest BCUT2D eigenvalue weighted by atomic mass is 10.1. The fourth-order valence-electron chi connectivity index (χ4n) is 1.64. The van der Waals surface area contributed by atoms with Crippen LogP contribution in [0.5, 0.6) is 11.6 Å². The summed E-state index contributed by atoms with van der Waals surface area (Å²) in [7, 11) is 0. The average molecular weight is 282 g/mol. The highest BCUT2D eigenvalue weighted by atomic mass is 35.5. The highest BCUT2D eigenvalue weighted by Crippen LogP contribution is 2.26. The van der Waals surface area contributed by atoms with Crippen molar-refractivity contribution in [1.29, 1.82) is 0 Å². The van der Waals surface area contributed by atoms with Crippen LogP contribution < -0.4 is 4.74 Å². The molecular weight excluding hydrogens is 269 g/mol. The van der Waals surface area contributed by atoms with E-state index in [2.05, 4.69) is 11.1 Å². The van der Waals surface area contributed by atoms with E-state index in [9.17, 15) is 0 Å². The molecule has 0 radical (unpaired) electrons. The van der Waals surface area contributed by atoms with Crippen LogP contribution in [0.25, 0.3) is 0 Å². The highest BCUT2D eigenvalue weighted by Gasteiger charge is 2.06. The van der Waals surface area contributed by atoms with Crippen molar-refractivity contribution in [2.24, 2.45) is 0 Å². The molecule has 94 valence electrons. The summed E-state index contributed by atoms with van der Waals surface area (Å²) in [5.41, 5.74) is 2.89. The number of ether oxygens (including phenoxy) is 1. The average Bonchev–Trinajstić information content (AvgIpc) is 2.35. The predicted molar refractivity (Wildman–Crippen MR) is 74.8 cm³/mol. The Bertz CT molecular complexity index is 570. The summed E-state index contributed by atoms with van der Waals surface area (Å²) in [5.74, 6) is 1.56. The molecule has 0 atom stereocenters. The van der Waals surface area contributed by atoms with Gasteiger partial charge in [-0.3, -0.25) is 0 Å². The number of benzene rings is 1. The molecule has 2 rings (SSSR count). The molecule has 0 unspecified atom stereocenters. The number of pyridine rings is 1. The molecule has 0 fully saturated rings. The first kappa shape index (κ1) is 13.2. The molecule has 0 saturated carbocycles.